The predicted octanol–water partition coefficient (Wildman–Crippen LogP) is 4.00. The molecule has 15 heavy (non-hydrogen) atoms. The highest BCUT2D eigenvalue weighted by Gasteiger charge is 2.35. The number of para-hydroxylation sites is 1. The van der Waals surface area contributed by atoms with Gasteiger partial charge in [-0.1, -0.05) is 28.1 Å². The number of benzene rings is 1. The van der Waals surface area contributed by atoms with Gasteiger partial charge in [-0.2, -0.15) is 13.2 Å². The van der Waals surface area contributed by atoms with Crippen molar-refractivity contribution in [2.45, 2.75) is 18.4 Å². The zero-order valence-electron chi connectivity index (χ0n) is 8.07. The van der Waals surface area contributed by atoms with Crippen LogP contribution >= 0.6 is 15.9 Å². The molecule has 0 N–H and O–H groups in total. The fourth-order valence-corrected chi connectivity index (χ4v) is 1.67. The first kappa shape index (κ1) is 12.4. The van der Waals surface area contributed by atoms with Crippen LogP contribution in [0.5, 0.6) is 5.75 Å². The van der Waals surface area contributed by atoms with Gasteiger partial charge >= 0.3 is 6.18 Å². The molecule has 0 aliphatic carbocycles. The Morgan fingerprint density at radius 2 is 2.00 bits per heavy atom. The maximum Gasteiger partial charge on any atom is 0.419 e. The van der Waals surface area contributed by atoms with Crippen LogP contribution in [0, 0.1) is 0 Å². The molecule has 0 saturated heterocycles. The Morgan fingerprint density at radius 1 is 1.33 bits per heavy atom. The van der Waals surface area contributed by atoms with E-state index in [0.717, 1.165) is 6.07 Å². The lowest BCUT2D eigenvalue weighted by Crippen LogP contribution is -2.10. The van der Waals surface area contributed by atoms with Crippen molar-refractivity contribution in [1.82, 2.24) is 0 Å². The van der Waals surface area contributed by atoms with Gasteiger partial charge in [-0.3, -0.25) is 0 Å². The van der Waals surface area contributed by atoms with Crippen molar-refractivity contribution in [3.05, 3.63) is 29.3 Å². The second kappa shape index (κ2) is 4.88. The summed E-state index contributed by atoms with van der Waals surface area (Å²) < 4.78 is 42.8. The van der Waals surface area contributed by atoms with E-state index >= 15 is 0 Å². The average Bonchev–Trinajstić information content (AvgIpc) is 2.17. The zero-order valence-corrected chi connectivity index (χ0v) is 9.65. The van der Waals surface area contributed by atoms with Gasteiger partial charge < -0.3 is 4.74 Å². The summed E-state index contributed by atoms with van der Waals surface area (Å²) in [6.45, 7) is 1.87. The quantitative estimate of drug-likeness (QED) is 0.762. The molecule has 1 aromatic carbocycles. The maximum atomic E-state index is 12.6. The molecule has 1 aromatic rings. The third kappa shape index (κ3) is 2.87. The highest BCUT2D eigenvalue weighted by atomic mass is 79.9. The van der Waals surface area contributed by atoms with Crippen molar-refractivity contribution in [3.63, 3.8) is 0 Å². The second-order valence-electron chi connectivity index (χ2n) is 2.86. The largest absolute Gasteiger partial charge is 0.493 e. The Labute approximate surface area is 94.4 Å². The number of alkyl halides is 4. The van der Waals surface area contributed by atoms with Gasteiger partial charge in [0, 0.05) is 10.9 Å². The van der Waals surface area contributed by atoms with E-state index in [1.165, 1.54) is 6.07 Å². The Bertz CT molecular complexity index is 336. The summed E-state index contributed by atoms with van der Waals surface area (Å²) in [6.07, 6.45) is -4.37. The van der Waals surface area contributed by atoms with Crippen molar-refractivity contribution in [2.24, 2.45) is 0 Å². The van der Waals surface area contributed by atoms with Crippen LogP contribution in [0.2, 0.25) is 0 Å². The first-order valence-corrected chi connectivity index (χ1v) is 5.50. The Balaban J connectivity index is 3.25. The molecule has 84 valence electrons. The van der Waals surface area contributed by atoms with Gasteiger partial charge in [0.15, 0.2) is 0 Å². The minimum Gasteiger partial charge on any atom is -0.493 e. The Hall–Kier alpha value is -0.710. The summed E-state index contributed by atoms with van der Waals surface area (Å²) in [5, 5.41) is 0.340. The highest BCUT2D eigenvalue weighted by Crippen LogP contribution is 2.38. The van der Waals surface area contributed by atoms with E-state index in [1.54, 1.807) is 13.0 Å². The lowest BCUT2D eigenvalue weighted by atomic mass is 10.1. The van der Waals surface area contributed by atoms with Crippen molar-refractivity contribution in [2.75, 3.05) is 6.61 Å². The Kier molecular flexibility index (Phi) is 4.02. The van der Waals surface area contributed by atoms with Crippen LogP contribution in [0.3, 0.4) is 0 Å². The van der Waals surface area contributed by atoms with Crippen molar-refractivity contribution >= 4 is 15.9 Å². The van der Waals surface area contributed by atoms with E-state index in [0.29, 0.717) is 10.9 Å². The molecule has 0 unspecified atom stereocenters. The monoisotopic (exact) mass is 282 g/mol. The number of ether oxygens (including phenoxy) is 1. The van der Waals surface area contributed by atoms with Gasteiger partial charge in [0.05, 0.1) is 12.2 Å². The molecule has 5 heteroatoms. The maximum absolute atomic E-state index is 12.6. The van der Waals surface area contributed by atoms with Gasteiger partial charge in [-0.15, -0.1) is 0 Å². The molecule has 0 fully saturated rings. The molecule has 0 saturated carbocycles. The van der Waals surface area contributed by atoms with Crippen LogP contribution in [0.4, 0.5) is 13.2 Å². The van der Waals surface area contributed by atoms with Gasteiger partial charge in [0.1, 0.15) is 5.75 Å². The molecule has 0 aliphatic rings. The summed E-state index contributed by atoms with van der Waals surface area (Å²) in [5.41, 5.74) is -0.215. The van der Waals surface area contributed by atoms with Crippen LogP contribution in [0.1, 0.15) is 18.1 Å². The summed E-state index contributed by atoms with van der Waals surface area (Å²) in [4.78, 5) is 0. The zero-order chi connectivity index (χ0) is 11.5. The fourth-order valence-electron chi connectivity index (χ4n) is 1.23. The van der Waals surface area contributed by atoms with E-state index in [4.69, 9.17) is 4.74 Å². The van der Waals surface area contributed by atoms with E-state index in [-0.39, 0.29) is 12.4 Å². The Morgan fingerprint density at radius 3 is 2.47 bits per heavy atom. The van der Waals surface area contributed by atoms with Gasteiger partial charge in [-0.25, -0.2) is 0 Å². The normalized spacial score (nSPS) is 11.5. The van der Waals surface area contributed by atoms with Gasteiger partial charge in [0.2, 0.25) is 0 Å². The summed E-state index contributed by atoms with van der Waals surface area (Å²) >= 11 is 3.13. The number of hydrogen-bond acceptors (Lipinski definition) is 1. The van der Waals surface area contributed by atoms with Crippen LogP contribution in [-0.2, 0) is 11.5 Å². The van der Waals surface area contributed by atoms with Crippen LogP contribution in [0.25, 0.3) is 0 Å². The summed E-state index contributed by atoms with van der Waals surface area (Å²) in [6, 6.07) is 4.01. The lowest BCUT2D eigenvalue weighted by molar-refractivity contribution is -0.139. The molecule has 0 bridgehead atoms. The first-order valence-electron chi connectivity index (χ1n) is 4.38. The molecule has 0 radical (unpaired) electrons. The third-order valence-corrected chi connectivity index (χ3v) is 2.44. The van der Waals surface area contributed by atoms with Crippen molar-refractivity contribution in [1.29, 1.82) is 0 Å². The van der Waals surface area contributed by atoms with Crippen LogP contribution in [-0.4, -0.2) is 6.61 Å². The molecule has 0 aliphatic heterocycles. The topological polar surface area (TPSA) is 9.23 Å². The van der Waals surface area contributed by atoms with Crippen LogP contribution < -0.4 is 4.74 Å². The minimum absolute atomic E-state index is 0.0793. The molecule has 0 aromatic heterocycles. The second-order valence-corrected chi connectivity index (χ2v) is 3.42. The lowest BCUT2D eigenvalue weighted by Gasteiger charge is -2.15. The van der Waals surface area contributed by atoms with E-state index in [2.05, 4.69) is 15.9 Å². The molecular weight excluding hydrogens is 273 g/mol. The van der Waals surface area contributed by atoms with Crippen molar-refractivity contribution < 1.29 is 17.9 Å². The molecule has 0 atom stereocenters. The number of rotatable bonds is 3. The molecule has 1 nitrogen and oxygen atoms in total. The first-order chi connectivity index (χ1) is 7.00. The molecule has 0 spiro atoms. The van der Waals surface area contributed by atoms with E-state index in [1.807, 2.05) is 0 Å². The van der Waals surface area contributed by atoms with Gasteiger partial charge in [-0.05, 0) is 13.0 Å². The fraction of sp³-hybridized carbons (Fsp3) is 0.400. The summed E-state index contributed by atoms with van der Waals surface area (Å²) in [7, 11) is 0. The molecular formula is C10H10BrF3O. The van der Waals surface area contributed by atoms with E-state index < -0.39 is 11.7 Å². The van der Waals surface area contributed by atoms with Crippen molar-refractivity contribution in [3.8, 4) is 5.75 Å². The van der Waals surface area contributed by atoms with Crippen LogP contribution in [0.15, 0.2) is 18.2 Å². The smallest absolute Gasteiger partial charge is 0.419 e. The molecule has 1 rings (SSSR count). The molecule has 0 amide bonds. The minimum atomic E-state index is -4.37. The number of hydrogen-bond donors (Lipinski definition) is 0. The molecule has 0 heterocycles. The SMILES string of the molecule is CCOc1c(CBr)cccc1C(F)(F)F. The summed E-state index contributed by atoms with van der Waals surface area (Å²) in [5.74, 6) is -0.0793. The number of halogens is 4. The van der Waals surface area contributed by atoms with Gasteiger partial charge in [0.25, 0.3) is 0 Å². The van der Waals surface area contributed by atoms with E-state index in [9.17, 15) is 13.2 Å². The average molecular weight is 283 g/mol. The highest BCUT2D eigenvalue weighted by molar-refractivity contribution is 9.08. The predicted molar refractivity (Wildman–Crippen MR) is 55.2 cm³/mol. The third-order valence-electron chi connectivity index (χ3n) is 1.83. The standard InChI is InChI=1S/C10H10BrF3O/c1-2-15-9-7(6-11)4-3-5-8(9)10(12,13)14/h3-5H,2,6H2,1H3.